The second-order valence-corrected chi connectivity index (χ2v) is 9.42. The molecule has 0 spiro atoms. The molecular formula is C22H32O5. The first-order chi connectivity index (χ1) is 12.8. The van der Waals surface area contributed by atoms with Crippen molar-refractivity contribution in [2.45, 2.75) is 77.6 Å². The molecule has 2 aliphatic carbocycles. The fraction of sp³-hybridized carbons (Fsp3) is 0.773. The summed E-state index contributed by atoms with van der Waals surface area (Å²) in [6, 6.07) is 1.99. The van der Waals surface area contributed by atoms with E-state index in [1.54, 1.807) is 12.5 Å². The topological polar surface area (TPSA) is 72.2 Å². The van der Waals surface area contributed by atoms with Crippen molar-refractivity contribution in [2.24, 2.45) is 22.7 Å². The Labute approximate surface area is 161 Å². The second kappa shape index (κ2) is 6.35. The maximum absolute atomic E-state index is 11.8. The zero-order chi connectivity index (χ0) is 19.4. The van der Waals surface area contributed by atoms with Gasteiger partial charge in [0.15, 0.2) is 0 Å². The van der Waals surface area contributed by atoms with E-state index in [0.717, 1.165) is 37.7 Å². The van der Waals surface area contributed by atoms with Crippen LogP contribution >= 0.6 is 0 Å². The summed E-state index contributed by atoms with van der Waals surface area (Å²) in [5.41, 5.74) is 0.560. The molecule has 0 radical (unpaired) electrons. The third kappa shape index (κ3) is 2.69. The molecule has 1 N–H and O–H groups in total. The summed E-state index contributed by atoms with van der Waals surface area (Å²) >= 11 is 0. The molecule has 3 aliphatic rings. The Morgan fingerprint density at radius 1 is 1.37 bits per heavy atom. The standard InChI is InChI=1S/C22H32O5/c1-14-17(26-15(2)24)11-20(3)18(5-6-19-21(20,4)27-19)22(14,13-23)9-7-16-8-10-25-12-16/h8,10,12,14,17-19,23H,5-7,9,11,13H2,1-4H3/t14-,17-,18+,19-,20-,21-,22-/m1/s1. The lowest BCUT2D eigenvalue weighted by atomic mass is 9.43. The minimum atomic E-state index is -0.301. The maximum Gasteiger partial charge on any atom is 0.302 e. The van der Waals surface area contributed by atoms with Gasteiger partial charge in [0.05, 0.1) is 24.2 Å². The van der Waals surface area contributed by atoms with Crippen molar-refractivity contribution >= 4 is 5.97 Å². The van der Waals surface area contributed by atoms with Crippen molar-refractivity contribution < 1.29 is 23.8 Å². The smallest absolute Gasteiger partial charge is 0.302 e. The van der Waals surface area contributed by atoms with Crippen LogP contribution in [0.4, 0.5) is 0 Å². The Balaban J connectivity index is 1.71. The number of aliphatic hydroxyl groups excluding tert-OH is 1. The Morgan fingerprint density at radius 2 is 2.15 bits per heavy atom. The van der Waals surface area contributed by atoms with E-state index < -0.39 is 0 Å². The summed E-state index contributed by atoms with van der Waals surface area (Å²) in [6.07, 6.45) is 8.19. The van der Waals surface area contributed by atoms with Crippen molar-refractivity contribution in [1.29, 1.82) is 0 Å². The third-order valence-corrected chi connectivity index (χ3v) is 8.42. The summed E-state index contributed by atoms with van der Waals surface area (Å²) in [7, 11) is 0. The number of carbonyl (C=O) groups excluding carboxylic acids is 1. The van der Waals surface area contributed by atoms with E-state index in [2.05, 4.69) is 20.8 Å². The number of hydrogen-bond donors (Lipinski definition) is 1. The van der Waals surface area contributed by atoms with Gasteiger partial charge in [-0.05, 0) is 56.6 Å². The molecule has 4 rings (SSSR count). The van der Waals surface area contributed by atoms with E-state index in [4.69, 9.17) is 13.9 Å². The molecule has 0 amide bonds. The Morgan fingerprint density at radius 3 is 2.78 bits per heavy atom. The fourth-order valence-corrected chi connectivity index (χ4v) is 6.53. The predicted octanol–water partition coefficient (Wildman–Crippen LogP) is 3.74. The molecule has 7 atom stereocenters. The van der Waals surface area contributed by atoms with Crippen LogP contribution in [0.5, 0.6) is 0 Å². The van der Waals surface area contributed by atoms with Gasteiger partial charge in [-0.25, -0.2) is 0 Å². The molecule has 0 bridgehead atoms. The summed E-state index contributed by atoms with van der Waals surface area (Å²) in [5, 5.41) is 10.7. The minimum absolute atomic E-state index is 0.0928. The van der Waals surface area contributed by atoms with Gasteiger partial charge in [0.2, 0.25) is 0 Å². The molecule has 2 saturated carbocycles. The van der Waals surface area contributed by atoms with Gasteiger partial charge in [-0.3, -0.25) is 4.79 Å². The molecule has 0 unspecified atom stereocenters. The summed E-state index contributed by atoms with van der Waals surface area (Å²) < 4.78 is 17.2. The molecule has 2 heterocycles. The van der Waals surface area contributed by atoms with Gasteiger partial charge in [0, 0.05) is 30.3 Å². The van der Waals surface area contributed by atoms with Gasteiger partial charge in [-0.15, -0.1) is 0 Å². The molecule has 1 saturated heterocycles. The van der Waals surface area contributed by atoms with Crippen LogP contribution < -0.4 is 0 Å². The van der Waals surface area contributed by atoms with Gasteiger partial charge >= 0.3 is 5.97 Å². The molecule has 5 nitrogen and oxygen atoms in total. The Hall–Kier alpha value is -1.33. The first kappa shape index (κ1) is 19.0. The predicted molar refractivity (Wildman–Crippen MR) is 100.0 cm³/mol. The van der Waals surface area contributed by atoms with E-state index in [1.807, 2.05) is 6.07 Å². The van der Waals surface area contributed by atoms with E-state index in [1.165, 1.54) is 6.92 Å². The van der Waals surface area contributed by atoms with Crippen molar-refractivity contribution in [3.05, 3.63) is 24.2 Å². The van der Waals surface area contributed by atoms with Crippen molar-refractivity contribution in [3.8, 4) is 0 Å². The van der Waals surface area contributed by atoms with Gasteiger partial charge in [0.25, 0.3) is 0 Å². The van der Waals surface area contributed by atoms with Crippen LogP contribution in [0, 0.1) is 22.7 Å². The van der Waals surface area contributed by atoms with Crippen molar-refractivity contribution in [1.82, 2.24) is 0 Å². The second-order valence-electron chi connectivity index (χ2n) is 9.42. The number of epoxide rings is 1. The van der Waals surface area contributed by atoms with Gasteiger partial charge in [-0.2, -0.15) is 0 Å². The van der Waals surface area contributed by atoms with E-state index in [-0.39, 0.29) is 41.0 Å². The number of fused-ring (bicyclic) bond motifs is 3. The van der Waals surface area contributed by atoms with Crippen LogP contribution in [-0.2, 0) is 20.7 Å². The highest BCUT2D eigenvalue weighted by Gasteiger charge is 2.74. The maximum atomic E-state index is 11.8. The Kier molecular flexibility index (Phi) is 4.47. The molecule has 150 valence electrons. The number of esters is 1. The number of furan rings is 1. The molecular weight excluding hydrogens is 344 g/mol. The van der Waals surface area contributed by atoms with E-state index in [9.17, 15) is 9.90 Å². The first-order valence-electron chi connectivity index (χ1n) is 10.2. The summed E-state index contributed by atoms with van der Waals surface area (Å²) in [5.74, 6) is 0.188. The van der Waals surface area contributed by atoms with Crippen LogP contribution in [0.1, 0.15) is 58.9 Å². The number of aryl methyl sites for hydroxylation is 1. The van der Waals surface area contributed by atoms with Gasteiger partial charge < -0.3 is 19.0 Å². The lowest BCUT2D eigenvalue weighted by molar-refractivity contribution is -0.196. The number of rotatable bonds is 5. The zero-order valence-corrected chi connectivity index (χ0v) is 16.9. The normalized spacial score (nSPS) is 45.7. The molecule has 3 fully saturated rings. The number of carbonyl (C=O) groups is 1. The van der Waals surface area contributed by atoms with E-state index in [0.29, 0.717) is 12.0 Å². The number of aliphatic hydroxyl groups is 1. The molecule has 1 aliphatic heterocycles. The highest BCUT2D eigenvalue weighted by Crippen LogP contribution is 2.70. The van der Waals surface area contributed by atoms with Crippen LogP contribution in [0.2, 0.25) is 0 Å². The van der Waals surface area contributed by atoms with Crippen LogP contribution in [0.3, 0.4) is 0 Å². The van der Waals surface area contributed by atoms with Crippen molar-refractivity contribution in [3.63, 3.8) is 0 Å². The molecule has 0 aromatic carbocycles. The molecule has 5 heteroatoms. The molecule has 27 heavy (non-hydrogen) atoms. The first-order valence-corrected chi connectivity index (χ1v) is 10.2. The van der Waals surface area contributed by atoms with Crippen LogP contribution in [0.25, 0.3) is 0 Å². The minimum Gasteiger partial charge on any atom is -0.472 e. The van der Waals surface area contributed by atoms with Crippen LogP contribution in [-0.4, -0.2) is 35.5 Å². The van der Waals surface area contributed by atoms with Crippen LogP contribution in [0.15, 0.2) is 23.0 Å². The fourth-order valence-electron chi connectivity index (χ4n) is 6.53. The SMILES string of the molecule is CC(=O)O[C@@H]1C[C@]2(C)[C@H](CC[C@H]3O[C@]32C)[C@@](CO)(CCc2ccoc2)[C@@H]1C. The largest absolute Gasteiger partial charge is 0.472 e. The summed E-state index contributed by atoms with van der Waals surface area (Å²) in [4.78, 5) is 11.8. The Bertz CT molecular complexity index is 700. The average Bonchev–Trinajstić information content (AvgIpc) is 3.05. The summed E-state index contributed by atoms with van der Waals surface area (Å²) in [6.45, 7) is 8.24. The molecule has 1 aromatic rings. The lowest BCUT2D eigenvalue weighted by Gasteiger charge is -2.61. The zero-order valence-electron chi connectivity index (χ0n) is 16.9. The molecule has 1 aromatic heterocycles. The average molecular weight is 376 g/mol. The van der Waals surface area contributed by atoms with E-state index >= 15 is 0 Å². The van der Waals surface area contributed by atoms with Gasteiger partial charge in [0.1, 0.15) is 6.10 Å². The highest BCUT2D eigenvalue weighted by atomic mass is 16.6. The quantitative estimate of drug-likeness (QED) is 0.626. The number of hydrogen-bond acceptors (Lipinski definition) is 5. The number of ether oxygens (including phenoxy) is 2. The van der Waals surface area contributed by atoms with Gasteiger partial charge in [-0.1, -0.05) is 13.8 Å². The third-order valence-electron chi connectivity index (χ3n) is 8.42. The highest BCUT2D eigenvalue weighted by molar-refractivity contribution is 5.66. The lowest BCUT2D eigenvalue weighted by Crippen LogP contribution is -2.63. The van der Waals surface area contributed by atoms with Crippen molar-refractivity contribution in [2.75, 3.05) is 6.61 Å². The monoisotopic (exact) mass is 376 g/mol.